The third kappa shape index (κ3) is 6.23. The van der Waals surface area contributed by atoms with Crippen LogP contribution in [0.3, 0.4) is 0 Å². The summed E-state index contributed by atoms with van der Waals surface area (Å²) in [7, 11) is 0. The summed E-state index contributed by atoms with van der Waals surface area (Å²) in [5.41, 5.74) is -0.198. The predicted octanol–water partition coefficient (Wildman–Crippen LogP) is 5.02. The van der Waals surface area contributed by atoms with Gasteiger partial charge in [0.15, 0.2) is 0 Å². The largest absolute Gasteiger partial charge is 0.234 e. The highest BCUT2D eigenvalue weighted by Gasteiger charge is 2.48. The summed E-state index contributed by atoms with van der Waals surface area (Å²) in [6.45, 7) is 16.7. The molecule has 126 valence electrons. The quantitative estimate of drug-likeness (QED) is 0.376. The lowest BCUT2D eigenvalue weighted by Gasteiger charge is -2.45. The van der Waals surface area contributed by atoms with Gasteiger partial charge in [0.05, 0.1) is 11.7 Å². The first-order chi connectivity index (χ1) is 9.49. The van der Waals surface area contributed by atoms with Gasteiger partial charge in [-0.25, -0.2) is 9.78 Å². The van der Waals surface area contributed by atoms with E-state index in [1.54, 1.807) is 0 Å². The van der Waals surface area contributed by atoms with E-state index in [9.17, 15) is 0 Å². The molecule has 0 aliphatic heterocycles. The lowest BCUT2D eigenvalue weighted by molar-refractivity contribution is -0.544. The van der Waals surface area contributed by atoms with Crippen LogP contribution in [0, 0.1) is 11.3 Å². The van der Waals surface area contributed by atoms with Crippen molar-refractivity contribution in [3.8, 4) is 0 Å². The summed E-state index contributed by atoms with van der Waals surface area (Å²) >= 11 is 0. The number of hydrogen-bond acceptors (Lipinski definition) is 4. The molecular formula is C17H34O4. The van der Waals surface area contributed by atoms with E-state index in [1.807, 2.05) is 27.7 Å². The molecule has 1 saturated carbocycles. The minimum atomic E-state index is -0.822. The van der Waals surface area contributed by atoms with E-state index in [1.165, 1.54) is 0 Å². The molecule has 0 heterocycles. The van der Waals surface area contributed by atoms with Crippen LogP contribution in [0.2, 0.25) is 0 Å². The minimum absolute atomic E-state index is 0.00925. The highest BCUT2D eigenvalue weighted by atomic mass is 17.3. The Morgan fingerprint density at radius 2 is 1.76 bits per heavy atom. The summed E-state index contributed by atoms with van der Waals surface area (Å²) in [6.07, 6.45) is 3.55. The third-order valence-electron chi connectivity index (χ3n) is 3.97. The van der Waals surface area contributed by atoms with Crippen molar-refractivity contribution < 1.29 is 19.6 Å². The molecule has 2 atom stereocenters. The van der Waals surface area contributed by atoms with Gasteiger partial charge in [-0.1, -0.05) is 27.7 Å². The summed E-state index contributed by atoms with van der Waals surface area (Å²) in [5.74, 6) is -0.324. The van der Waals surface area contributed by atoms with Gasteiger partial charge < -0.3 is 0 Å². The SMILES string of the molecule is CCC(C)(C)OOC1(OOC(C)C)CC(C)CC(C)(C)C1. The van der Waals surface area contributed by atoms with Gasteiger partial charge in [0.25, 0.3) is 0 Å². The second kappa shape index (κ2) is 6.95. The Morgan fingerprint density at radius 3 is 2.24 bits per heavy atom. The second-order valence-electron chi connectivity index (χ2n) is 8.27. The molecule has 1 aliphatic rings. The first kappa shape index (κ1) is 18.9. The molecule has 0 radical (unpaired) electrons. The van der Waals surface area contributed by atoms with E-state index < -0.39 is 5.79 Å². The monoisotopic (exact) mass is 302 g/mol. The molecule has 0 aromatic heterocycles. The molecule has 2 unspecified atom stereocenters. The summed E-state index contributed by atoms with van der Waals surface area (Å²) < 4.78 is 0. The van der Waals surface area contributed by atoms with Crippen LogP contribution in [0.1, 0.15) is 81.1 Å². The van der Waals surface area contributed by atoms with Gasteiger partial charge in [0.1, 0.15) is 0 Å². The van der Waals surface area contributed by atoms with Crippen LogP contribution in [-0.4, -0.2) is 17.5 Å². The zero-order valence-corrected chi connectivity index (χ0v) is 15.1. The standard InChI is InChI=1S/C17H34O4/c1-9-16(7,8)19-21-17(20-18-13(2)3)11-14(4)10-15(5,6)12-17/h13-14H,9-12H2,1-8H3. The Bertz CT molecular complexity index is 325. The van der Waals surface area contributed by atoms with Crippen molar-refractivity contribution in [3.63, 3.8) is 0 Å². The van der Waals surface area contributed by atoms with Gasteiger partial charge in [0, 0.05) is 12.8 Å². The number of rotatable bonds is 7. The molecule has 21 heavy (non-hydrogen) atoms. The van der Waals surface area contributed by atoms with Crippen molar-refractivity contribution in [2.75, 3.05) is 0 Å². The van der Waals surface area contributed by atoms with Crippen LogP contribution in [0.5, 0.6) is 0 Å². The Kier molecular flexibility index (Phi) is 6.25. The van der Waals surface area contributed by atoms with E-state index in [0.29, 0.717) is 5.92 Å². The van der Waals surface area contributed by atoms with Crippen LogP contribution >= 0.6 is 0 Å². The van der Waals surface area contributed by atoms with Crippen molar-refractivity contribution in [2.24, 2.45) is 11.3 Å². The van der Waals surface area contributed by atoms with Crippen LogP contribution in [0.15, 0.2) is 0 Å². The van der Waals surface area contributed by atoms with Gasteiger partial charge in [-0.2, -0.15) is 9.78 Å². The van der Waals surface area contributed by atoms with Crippen molar-refractivity contribution >= 4 is 0 Å². The van der Waals surface area contributed by atoms with E-state index >= 15 is 0 Å². The van der Waals surface area contributed by atoms with Crippen molar-refractivity contribution in [2.45, 2.75) is 98.6 Å². The normalized spacial score (nSPS) is 29.9. The molecule has 1 fully saturated rings. The van der Waals surface area contributed by atoms with E-state index in [4.69, 9.17) is 19.6 Å². The first-order valence-corrected chi connectivity index (χ1v) is 8.20. The average molecular weight is 302 g/mol. The first-order valence-electron chi connectivity index (χ1n) is 8.20. The van der Waals surface area contributed by atoms with E-state index in [-0.39, 0.29) is 17.1 Å². The fourth-order valence-electron chi connectivity index (χ4n) is 2.99. The van der Waals surface area contributed by atoms with Gasteiger partial charge in [-0.3, -0.25) is 0 Å². The fourth-order valence-corrected chi connectivity index (χ4v) is 2.99. The number of hydrogen-bond donors (Lipinski definition) is 0. The van der Waals surface area contributed by atoms with Crippen molar-refractivity contribution in [3.05, 3.63) is 0 Å². The molecule has 4 heteroatoms. The van der Waals surface area contributed by atoms with Crippen LogP contribution in [0.4, 0.5) is 0 Å². The highest BCUT2D eigenvalue weighted by Crippen LogP contribution is 2.47. The maximum atomic E-state index is 5.84. The molecule has 1 rings (SSSR count). The minimum Gasteiger partial charge on any atom is -0.231 e. The average Bonchev–Trinajstić information content (AvgIpc) is 2.32. The van der Waals surface area contributed by atoms with Gasteiger partial charge in [-0.15, -0.1) is 0 Å². The van der Waals surface area contributed by atoms with E-state index in [2.05, 4.69) is 27.7 Å². The third-order valence-corrected chi connectivity index (χ3v) is 3.97. The molecule has 1 aliphatic carbocycles. The molecule has 0 amide bonds. The Morgan fingerprint density at radius 1 is 1.14 bits per heavy atom. The lowest BCUT2D eigenvalue weighted by Crippen LogP contribution is -2.48. The predicted molar refractivity (Wildman–Crippen MR) is 83.4 cm³/mol. The fraction of sp³-hybridized carbons (Fsp3) is 1.00. The van der Waals surface area contributed by atoms with E-state index in [0.717, 1.165) is 25.7 Å². The molecule has 4 nitrogen and oxygen atoms in total. The van der Waals surface area contributed by atoms with Crippen LogP contribution < -0.4 is 0 Å². The molecule has 0 aromatic carbocycles. The summed E-state index contributed by atoms with van der Waals surface area (Å²) in [5, 5.41) is 0. The molecular weight excluding hydrogens is 268 g/mol. The zero-order chi connectivity index (χ0) is 16.3. The Labute approximate surface area is 130 Å². The summed E-state index contributed by atoms with van der Waals surface area (Å²) in [4.78, 5) is 22.7. The molecule has 0 spiro atoms. The van der Waals surface area contributed by atoms with Crippen molar-refractivity contribution in [1.82, 2.24) is 0 Å². The molecule has 0 N–H and O–H groups in total. The zero-order valence-electron chi connectivity index (χ0n) is 15.1. The van der Waals surface area contributed by atoms with Crippen LogP contribution in [0.25, 0.3) is 0 Å². The van der Waals surface area contributed by atoms with Gasteiger partial charge in [0.2, 0.25) is 5.79 Å². The second-order valence-corrected chi connectivity index (χ2v) is 8.27. The Balaban J connectivity index is 2.83. The summed E-state index contributed by atoms with van der Waals surface area (Å²) in [6, 6.07) is 0. The Hall–Kier alpha value is -0.160. The lowest BCUT2D eigenvalue weighted by atomic mass is 9.70. The van der Waals surface area contributed by atoms with Gasteiger partial charge in [-0.05, 0) is 51.9 Å². The maximum Gasteiger partial charge on any atom is 0.234 e. The van der Waals surface area contributed by atoms with Crippen molar-refractivity contribution in [1.29, 1.82) is 0 Å². The van der Waals surface area contributed by atoms with Crippen LogP contribution in [-0.2, 0) is 19.6 Å². The smallest absolute Gasteiger partial charge is 0.231 e. The molecule has 0 bridgehead atoms. The highest BCUT2D eigenvalue weighted by molar-refractivity contribution is 4.88. The van der Waals surface area contributed by atoms with Gasteiger partial charge >= 0.3 is 0 Å². The molecule has 0 saturated heterocycles. The maximum absolute atomic E-state index is 5.84. The molecule has 0 aromatic rings. The topological polar surface area (TPSA) is 36.9 Å².